The highest BCUT2D eigenvalue weighted by molar-refractivity contribution is 5.77. The van der Waals surface area contributed by atoms with Crippen LogP contribution >= 0.6 is 0 Å². The first-order valence-corrected chi connectivity index (χ1v) is 7.02. The van der Waals surface area contributed by atoms with Crippen molar-refractivity contribution in [1.29, 1.82) is 0 Å². The summed E-state index contributed by atoms with van der Waals surface area (Å²) in [5.74, 6) is 1.32. The van der Waals surface area contributed by atoms with E-state index >= 15 is 0 Å². The molecule has 0 saturated carbocycles. The van der Waals surface area contributed by atoms with Crippen LogP contribution in [0, 0.1) is 5.92 Å². The Hall–Kier alpha value is -0.770. The summed E-state index contributed by atoms with van der Waals surface area (Å²) in [7, 11) is 0. The predicted molar refractivity (Wildman–Crippen MR) is 74.2 cm³/mol. The van der Waals surface area contributed by atoms with Crippen LogP contribution in [0.2, 0.25) is 0 Å². The van der Waals surface area contributed by atoms with Crippen molar-refractivity contribution >= 4 is 5.96 Å². The zero-order valence-corrected chi connectivity index (χ0v) is 11.4. The quantitative estimate of drug-likeness (QED) is 0.402. The number of unbranched alkanes of at least 4 members (excludes halogenated alkanes) is 1. The van der Waals surface area contributed by atoms with E-state index in [0.29, 0.717) is 11.9 Å². The summed E-state index contributed by atoms with van der Waals surface area (Å²) in [4.78, 5) is 6.96. The fraction of sp³-hybridized carbons (Fsp3) is 0.923. The van der Waals surface area contributed by atoms with Crippen LogP contribution < -0.4 is 11.1 Å². The van der Waals surface area contributed by atoms with Crippen LogP contribution in [-0.2, 0) is 0 Å². The molecule has 0 radical (unpaired) electrons. The van der Waals surface area contributed by atoms with Crippen molar-refractivity contribution in [3.05, 3.63) is 0 Å². The molecule has 1 atom stereocenters. The number of guanidine groups is 1. The molecule has 1 rings (SSSR count). The third-order valence-electron chi connectivity index (χ3n) is 3.27. The molecule has 17 heavy (non-hydrogen) atoms. The van der Waals surface area contributed by atoms with E-state index in [2.05, 4.69) is 29.1 Å². The van der Waals surface area contributed by atoms with Crippen molar-refractivity contribution in [3.8, 4) is 0 Å². The molecule has 0 aromatic carbocycles. The van der Waals surface area contributed by atoms with E-state index < -0.39 is 0 Å². The molecule has 1 saturated heterocycles. The van der Waals surface area contributed by atoms with Crippen LogP contribution in [0.25, 0.3) is 0 Å². The average Bonchev–Trinajstić information content (AvgIpc) is 2.75. The molecule has 1 heterocycles. The maximum Gasteiger partial charge on any atom is 0.188 e. The first-order chi connectivity index (χ1) is 8.26. The molecule has 1 aliphatic rings. The lowest BCUT2D eigenvalue weighted by atomic mass is 10.1. The highest BCUT2D eigenvalue weighted by Gasteiger charge is 2.21. The topological polar surface area (TPSA) is 53.6 Å². The van der Waals surface area contributed by atoms with Gasteiger partial charge in [0.2, 0.25) is 0 Å². The minimum Gasteiger partial charge on any atom is -0.370 e. The number of hydrogen-bond acceptors (Lipinski definition) is 2. The number of likely N-dealkylation sites (tertiary alicyclic amines) is 1. The Balaban J connectivity index is 2.15. The zero-order valence-electron chi connectivity index (χ0n) is 11.4. The Morgan fingerprint density at radius 1 is 1.41 bits per heavy atom. The third kappa shape index (κ3) is 5.91. The molecule has 1 fully saturated rings. The molecule has 0 amide bonds. The van der Waals surface area contributed by atoms with Gasteiger partial charge in [-0.2, -0.15) is 0 Å². The Morgan fingerprint density at radius 3 is 2.94 bits per heavy atom. The predicted octanol–water partition coefficient (Wildman–Crippen LogP) is 1.42. The van der Waals surface area contributed by atoms with E-state index in [1.807, 2.05) is 0 Å². The van der Waals surface area contributed by atoms with E-state index in [9.17, 15) is 0 Å². The maximum atomic E-state index is 5.81. The largest absolute Gasteiger partial charge is 0.370 e. The Morgan fingerprint density at radius 2 is 2.24 bits per heavy atom. The van der Waals surface area contributed by atoms with E-state index in [4.69, 9.17) is 5.73 Å². The third-order valence-corrected chi connectivity index (χ3v) is 3.27. The molecule has 100 valence electrons. The van der Waals surface area contributed by atoms with Gasteiger partial charge >= 0.3 is 0 Å². The van der Waals surface area contributed by atoms with Crippen molar-refractivity contribution in [2.24, 2.45) is 16.6 Å². The summed E-state index contributed by atoms with van der Waals surface area (Å²) in [6, 6.07) is 0. The first-order valence-electron chi connectivity index (χ1n) is 7.02. The highest BCUT2D eigenvalue weighted by Crippen LogP contribution is 2.16. The minimum absolute atomic E-state index is 0.618. The lowest BCUT2D eigenvalue weighted by molar-refractivity contribution is 0.326. The number of nitrogens with zero attached hydrogens (tertiary/aromatic N) is 2. The second-order valence-corrected chi connectivity index (χ2v) is 4.96. The van der Waals surface area contributed by atoms with Crippen LogP contribution in [0.15, 0.2) is 4.99 Å². The van der Waals surface area contributed by atoms with Crippen LogP contribution in [0.5, 0.6) is 0 Å². The average molecular weight is 240 g/mol. The summed E-state index contributed by atoms with van der Waals surface area (Å²) < 4.78 is 0. The standard InChI is InChI=1S/C13H28N4/c1-3-5-7-15-13(14)16-10-12-6-9-17(11-12)8-4-2/h12H,3-11H2,1-2H3,(H3,14,15,16). The summed E-state index contributed by atoms with van der Waals surface area (Å²) >= 11 is 0. The number of nitrogens with two attached hydrogens (primary N) is 1. The van der Waals surface area contributed by atoms with Gasteiger partial charge in [-0.3, -0.25) is 4.99 Å². The molecular weight excluding hydrogens is 212 g/mol. The maximum absolute atomic E-state index is 5.81. The molecule has 0 aliphatic carbocycles. The molecule has 0 aromatic heterocycles. The van der Waals surface area contributed by atoms with Crippen molar-refractivity contribution in [1.82, 2.24) is 10.2 Å². The van der Waals surface area contributed by atoms with Gasteiger partial charge in [0.15, 0.2) is 5.96 Å². The highest BCUT2D eigenvalue weighted by atomic mass is 15.2. The molecule has 1 aliphatic heterocycles. The van der Waals surface area contributed by atoms with E-state index in [1.165, 1.54) is 38.9 Å². The van der Waals surface area contributed by atoms with Crippen molar-refractivity contribution in [2.45, 2.75) is 39.5 Å². The Bertz CT molecular complexity index is 227. The molecule has 0 spiro atoms. The van der Waals surface area contributed by atoms with Crippen LogP contribution in [0.1, 0.15) is 39.5 Å². The van der Waals surface area contributed by atoms with Gasteiger partial charge in [-0.05, 0) is 38.3 Å². The van der Waals surface area contributed by atoms with Gasteiger partial charge in [0, 0.05) is 19.6 Å². The first kappa shape index (κ1) is 14.3. The molecule has 4 heteroatoms. The Labute approximate surface area is 106 Å². The second-order valence-electron chi connectivity index (χ2n) is 4.96. The minimum atomic E-state index is 0.618. The van der Waals surface area contributed by atoms with Gasteiger partial charge in [-0.1, -0.05) is 20.3 Å². The number of rotatable bonds is 7. The van der Waals surface area contributed by atoms with Gasteiger partial charge < -0.3 is 16.0 Å². The molecule has 1 unspecified atom stereocenters. The second kappa shape index (κ2) is 8.34. The molecular formula is C13H28N4. The SMILES string of the molecule is CCCCNC(N)=NCC1CCN(CCC)C1. The lowest BCUT2D eigenvalue weighted by Gasteiger charge is -2.13. The molecule has 0 bridgehead atoms. The number of hydrogen-bond donors (Lipinski definition) is 2. The molecule has 4 nitrogen and oxygen atoms in total. The lowest BCUT2D eigenvalue weighted by Crippen LogP contribution is -2.33. The van der Waals surface area contributed by atoms with Gasteiger partial charge in [0.25, 0.3) is 0 Å². The normalized spacial score (nSPS) is 22.0. The van der Waals surface area contributed by atoms with Crippen molar-refractivity contribution in [2.75, 3.05) is 32.7 Å². The summed E-state index contributed by atoms with van der Waals surface area (Å²) in [6.45, 7) is 9.89. The summed E-state index contributed by atoms with van der Waals surface area (Å²) in [5, 5.41) is 3.16. The summed E-state index contributed by atoms with van der Waals surface area (Å²) in [5.41, 5.74) is 5.81. The van der Waals surface area contributed by atoms with Gasteiger partial charge in [-0.15, -0.1) is 0 Å². The smallest absolute Gasteiger partial charge is 0.188 e. The zero-order chi connectivity index (χ0) is 12.5. The van der Waals surface area contributed by atoms with E-state index in [0.717, 1.165) is 19.5 Å². The Kier molecular flexibility index (Phi) is 7.01. The number of nitrogens with one attached hydrogen (secondary N) is 1. The van der Waals surface area contributed by atoms with Gasteiger partial charge in [-0.25, -0.2) is 0 Å². The van der Waals surface area contributed by atoms with Crippen molar-refractivity contribution < 1.29 is 0 Å². The van der Waals surface area contributed by atoms with Crippen LogP contribution in [0.3, 0.4) is 0 Å². The fourth-order valence-electron chi connectivity index (χ4n) is 2.26. The molecule has 3 N–H and O–H groups in total. The van der Waals surface area contributed by atoms with Gasteiger partial charge in [0.05, 0.1) is 0 Å². The van der Waals surface area contributed by atoms with Gasteiger partial charge in [0.1, 0.15) is 0 Å². The fourth-order valence-corrected chi connectivity index (χ4v) is 2.26. The molecule has 0 aromatic rings. The summed E-state index contributed by atoms with van der Waals surface area (Å²) in [6.07, 6.45) is 4.86. The van der Waals surface area contributed by atoms with Crippen LogP contribution in [-0.4, -0.2) is 43.6 Å². The van der Waals surface area contributed by atoms with Crippen molar-refractivity contribution in [3.63, 3.8) is 0 Å². The van der Waals surface area contributed by atoms with E-state index in [1.54, 1.807) is 0 Å². The van der Waals surface area contributed by atoms with Crippen LogP contribution in [0.4, 0.5) is 0 Å². The monoisotopic (exact) mass is 240 g/mol. The number of aliphatic imine (C=N–C) groups is 1. The van der Waals surface area contributed by atoms with E-state index in [-0.39, 0.29) is 0 Å².